The molecule has 1 aliphatic rings. The fourth-order valence-electron chi connectivity index (χ4n) is 1.66. The van der Waals surface area contributed by atoms with Crippen molar-refractivity contribution in [3.8, 4) is 6.07 Å². The van der Waals surface area contributed by atoms with Crippen molar-refractivity contribution in [2.24, 2.45) is 0 Å². The molecular formula is C9H10N2O2S2. The van der Waals surface area contributed by atoms with Crippen molar-refractivity contribution in [2.75, 3.05) is 11.5 Å². The maximum absolute atomic E-state index is 11.2. The molecule has 0 amide bonds. The molecule has 1 aliphatic heterocycles. The van der Waals surface area contributed by atoms with Gasteiger partial charge in [-0.05, 0) is 12.8 Å². The van der Waals surface area contributed by atoms with E-state index in [2.05, 4.69) is 4.98 Å². The SMILES string of the molecule is N#Cc1csc(C2CCS(=O)(=O)CC2)n1. The van der Waals surface area contributed by atoms with Crippen molar-refractivity contribution in [1.29, 1.82) is 5.26 Å². The number of hydrogen-bond acceptors (Lipinski definition) is 5. The minimum atomic E-state index is -2.81. The highest BCUT2D eigenvalue weighted by molar-refractivity contribution is 7.91. The van der Waals surface area contributed by atoms with Crippen LogP contribution < -0.4 is 0 Å². The summed E-state index contributed by atoms with van der Waals surface area (Å²) in [7, 11) is -2.81. The number of hydrogen-bond donors (Lipinski definition) is 0. The highest BCUT2D eigenvalue weighted by atomic mass is 32.2. The highest BCUT2D eigenvalue weighted by Gasteiger charge is 2.26. The maximum atomic E-state index is 11.2. The standard InChI is InChI=1S/C9H10N2O2S2/c10-5-8-6-14-9(11-8)7-1-3-15(12,13)4-2-7/h6-7H,1-4H2. The number of sulfone groups is 1. The molecule has 1 aromatic rings. The van der Waals surface area contributed by atoms with Crippen LogP contribution in [0.1, 0.15) is 29.5 Å². The molecule has 0 aliphatic carbocycles. The van der Waals surface area contributed by atoms with Gasteiger partial charge in [0.15, 0.2) is 5.69 Å². The predicted octanol–water partition coefficient (Wildman–Crippen LogP) is 1.31. The molecule has 80 valence electrons. The van der Waals surface area contributed by atoms with Crippen molar-refractivity contribution in [1.82, 2.24) is 4.98 Å². The first-order chi connectivity index (χ1) is 7.11. The molecule has 0 radical (unpaired) electrons. The Bertz CT molecular complexity index is 484. The average molecular weight is 242 g/mol. The molecule has 6 heteroatoms. The normalized spacial score (nSPS) is 21.0. The van der Waals surface area contributed by atoms with Gasteiger partial charge in [0.1, 0.15) is 15.9 Å². The van der Waals surface area contributed by atoms with Crippen LogP contribution in [0.4, 0.5) is 0 Å². The summed E-state index contributed by atoms with van der Waals surface area (Å²) in [5.74, 6) is 0.721. The lowest BCUT2D eigenvalue weighted by Gasteiger charge is -2.19. The molecule has 1 aromatic heterocycles. The van der Waals surface area contributed by atoms with Gasteiger partial charge in [0.05, 0.1) is 16.5 Å². The van der Waals surface area contributed by atoms with Gasteiger partial charge in [-0.3, -0.25) is 0 Å². The van der Waals surface area contributed by atoms with Crippen molar-refractivity contribution < 1.29 is 8.42 Å². The number of nitriles is 1. The van der Waals surface area contributed by atoms with E-state index in [9.17, 15) is 8.42 Å². The minimum Gasteiger partial charge on any atom is -0.230 e. The van der Waals surface area contributed by atoms with Gasteiger partial charge in [0.25, 0.3) is 0 Å². The first-order valence-electron chi connectivity index (χ1n) is 4.67. The Kier molecular flexibility index (Phi) is 2.76. The molecule has 1 fully saturated rings. The summed E-state index contributed by atoms with van der Waals surface area (Å²) in [5, 5.41) is 11.3. The van der Waals surface area contributed by atoms with Crippen LogP contribution in [-0.4, -0.2) is 24.9 Å². The molecule has 1 saturated heterocycles. The van der Waals surface area contributed by atoms with E-state index in [1.165, 1.54) is 11.3 Å². The molecule has 0 bridgehead atoms. The van der Waals surface area contributed by atoms with Gasteiger partial charge in [-0.25, -0.2) is 13.4 Å². The highest BCUT2D eigenvalue weighted by Crippen LogP contribution is 2.30. The van der Waals surface area contributed by atoms with Crippen LogP contribution in [0, 0.1) is 11.3 Å². The van der Waals surface area contributed by atoms with Crippen molar-refractivity contribution in [3.63, 3.8) is 0 Å². The van der Waals surface area contributed by atoms with Gasteiger partial charge >= 0.3 is 0 Å². The lowest BCUT2D eigenvalue weighted by molar-refractivity contribution is 0.549. The largest absolute Gasteiger partial charge is 0.230 e. The molecule has 2 heterocycles. The molecule has 0 aromatic carbocycles. The zero-order valence-corrected chi connectivity index (χ0v) is 9.64. The van der Waals surface area contributed by atoms with Crippen LogP contribution in [0.15, 0.2) is 5.38 Å². The third-order valence-corrected chi connectivity index (χ3v) is 5.26. The topological polar surface area (TPSA) is 70.8 Å². The van der Waals surface area contributed by atoms with Crippen LogP contribution in [0.2, 0.25) is 0 Å². The summed E-state index contributed by atoms with van der Waals surface area (Å²) in [6.07, 6.45) is 1.28. The van der Waals surface area contributed by atoms with Gasteiger partial charge < -0.3 is 0 Å². The zero-order chi connectivity index (χ0) is 10.9. The van der Waals surface area contributed by atoms with Crippen molar-refractivity contribution in [3.05, 3.63) is 16.1 Å². The predicted molar refractivity (Wildman–Crippen MR) is 57.5 cm³/mol. The van der Waals surface area contributed by atoms with E-state index in [0.29, 0.717) is 18.5 Å². The van der Waals surface area contributed by atoms with E-state index in [1.54, 1.807) is 5.38 Å². The fraction of sp³-hybridized carbons (Fsp3) is 0.556. The van der Waals surface area contributed by atoms with Gasteiger partial charge in [-0.2, -0.15) is 5.26 Å². The monoisotopic (exact) mass is 242 g/mol. The van der Waals surface area contributed by atoms with E-state index in [4.69, 9.17) is 5.26 Å². The van der Waals surface area contributed by atoms with E-state index >= 15 is 0 Å². The first-order valence-corrected chi connectivity index (χ1v) is 7.37. The van der Waals surface area contributed by atoms with E-state index in [1.807, 2.05) is 6.07 Å². The van der Waals surface area contributed by atoms with E-state index in [-0.39, 0.29) is 17.4 Å². The summed E-state index contributed by atoms with van der Waals surface area (Å²) in [4.78, 5) is 4.16. The minimum absolute atomic E-state index is 0.223. The Morgan fingerprint density at radius 1 is 1.47 bits per heavy atom. The van der Waals surface area contributed by atoms with Crippen molar-refractivity contribution in [2.45, 2.75) is 18.8 Å². The molecule has 4 nitrogen and oxygen atoms in total. The van der Waals surface area contributed by atoms with Crippen LogP contribution in [0.5, 0.6) is 0 Å². The first kappa shape index (κ1) is 10.6. The van der Waals surface area contributed by atoms with E-state index in [0.717, 1.165) is 5.01 Å². The molecular weight excluding hydrogens is 232 g/mol. The summed E-state index contributed by atoms with van der Waals surface area (Å²) in [6.45, 7) is 0. The second-order valence-electron chi connectivity index (χ2n) is 3.61. The zero-order valence-electron chi connectivity index (χ0n) is 8.01. The summed E-state index contributed by atoms with van der Waals surface area (Å²) >= 11 is 1.45. The summed E-state index contributed by atoms with van der Waals surface area (Å²) < 4.78 is 22.4. The molecule has 0 unspecified atom stereocenters. The Balaban J connectivity index is 2.11. The number of thiazole rings is 1. The molecule has 15 heavy (non-hydrogen) atoms. The second kappa shape index (κ2) is 3.91. The Labute approximate surface area is 92.5 Å². The quantitative estimate of drug-likeness (QED) is 0.744. The lowest BCUT2D eigenvalue weighted by atomic mass is 10.0. The number of rotatable bonds is 1. The van der Waals surface area contributed by atoms with Gasteiger partial charge in [0.2, 0.25) is 0 Å². The van der Waals surface area contributed by atoms with Crippen LogP contribution in [0.3, 0.4) is 0 Å². The van der Waals surface area contributed by atoms with Crippen LogP contribution in [-0.2, 0) is 9.84 Å². The fourth-order valence-corrected chi connectivity index (χ4v) is 4.07. The maximum Gasteiger partial charge on any atom is 0.151 e. The Hall–Kier alpha value is -0.930. The molecule has 0 atom stereocenters. The third kappa shape index (κ3) is 2.36. The molecule has 0 spiro atoms. The Morgan fingerprint density at radius 2 is 2.13 bits per heavy atom. The number of nitrogens with zero attached hydrogens (tertiary/aromatic N) is 2. The average Bonchev–Trinajstić information content (AvgIpc) is 2.66. The Morgan fingerprint density at radius 3 is 2.67 bits per heavy atom. The summed E-state index contributed by atoms with van der Waals surface area (Å²) in [6, 6.07) is 1.98. The molecule has 0 saturated carbocycles. The summed E-state index contributed by atoms with van der Waals surface area (Å²) in [5.41, 5.74) is 0.434. The third-order valence-electron chi connectivity index (χ3n) is 2.54. The lowest BCUT2D eigenvalue weighted by Crippen LogP contribution is -2.22. The van der Waals surface area contributed by atoms with Gasteiger partial charge in [0, 0.05) is 11.3 Å². The second-order valence-corrected chi connectivity index (χ2v) is 6.80. The molecule has 0 N–H and O–H groups in total. The van der Waals surface area contributed by atoms with Gasteiger partial charge in [-0.15, -0.1) is 11.3 Å². The van der Waals surface area contributed by atoms with Crippen molar-refractivity contribution >= 4 is 21.2 Å². The van der Waals surface area contributed by atoms with E-state index < -0.39 is 9.84 Å². The van der Waals surface area contributed by atoms with Crippen LogP contribution >= 0.6 is 11.3 Å². The molecule has 2 rings (SSSR count). The van der Waals surface area contributed by atoms with Gasteiger partial charge in [-0.1, -0.05) is 0 Å². The number of aromatic nitrogens is 1. The smallest absolute Gasteiger partial charge is 0.151 e. The van der Waals surface area contributed by atoms with Crippen LogP contribution in [0.25, 0.3) is 0 Å².